The van der Waals surface area contributed by atoms with Gasteiger partial charge in [-0.15, -0.1) is 0 Å². The van der Waals surface area contributed by atoms with Crippen LogP contribution < -0.4 is 0 Å². The van der Waals surface area contributed by atoms with Crippen LogP contribution in [0.3, 0.4) is 0 Å². The number of nitriles is 1. The quantitative estimate of drug-likeness (QED) is 0.680. The summed E-state index contributed by atoms with van der Waals surface area (Å²) in [5, 5.41) is 18.1. The highest BCUT2D eigenvalue weighted by molar-refractivity contribution is 5.24. The van der Waals surface area contributed by atoms with Crippen molar-refractivity contribution in [3.63, 3.8) is 0 Å². The Hall–Kier alpha value is -0.810. The largest absolute Gasteiger partial charge is 0.393 e. The average Bonchev–Trinajstić information content (AvgIpc) is 2.04. The lowest BCUT2D eigenvalue weighted by molar-refractivity contribution is 0.142. The van der Waals surface area contributed by atoms with Crippen LogP contribution in [0.5, 0.6) is 0 Å². The lowest BCUT2D eigenvalue weighted by Crippen LogP contribution is -2.18. The molecular weight excluding hydrogens is 150 g/mol. The van der Waals surface area contributed by atoms with Crippen LogP contribution in [0, 0.1) is 17.2 Å². The van der Waals surface area contributed by atoms with Gasteiger partial charge in [0.1, 0.15) is 0 Å². The fraction of sp³-hybridized carbons (Fsp3) is 0.700. The van der Waals surface area contributed by atoms with Gasteiger partial charge in [0.15, 0.2) is 0 Å². The molecule has 0 aliphatic heterocycles. The summed E-state index contributed by atoms with van der Waals surface area (Å²) in [7, 11) is 0. The van der Waals surface area contributed by atoms with Crippen molar-refractivity contribution in [1.29, 1.82) is 5.26 Å². The maximum atomic E-state index is 9.42. The van der Waals surface area contributed by atoms with Gasteiger partial charge in [-0.2, -0.15) is 5.26 Å². The van der Waals surface area contributed by atoms with Gasteiger partial charge in [-0.1, -0.05) is 19.4 Å². The molecule has 1 N–H and O–H groups in total. The molecule has 2 nitrogen and oxygen atoms in total. The first-order valence-corrected chi connectivity index (χ1v) is 4.55. The molecule has 1 aliphatic rings. The molecular formula is C10H15NO. The van der Waals surface area contributed by atoms with E-state index in [2.05, 4.69) is 13.0 Å². The highest BCUT2D eigenvalue weighted by Crippen LogP contribution is 2.25. The van der Waals surface area contributed by atoms with Crippen LogP contribution in [0.25, 0.3) is 0 Å². The Bertz CT molecular complexity index is 214. The summed E-state index contributed by atoms with van der Waals surface area (Å²) in [5.41, 5.74) is 0.757. The van der Waals surface area contributed by atoms with Crippen LogP contribution in [-0.2, 0) is 0 Å². The fourth-order valence-corrected chi connectivity index (χ4v) is 1.76. The van der Waals surface area contributed by atoms with Crippen LogP contribution in [0.1, 0.15) is 32.6 Å². The third-order valence-corrected chi connectivity index (χ3v) is 2.27. The maximum Gasteiger partial charge on any atom is 0.0944 e. The molecule has 1 aliphatic carbocycles. The van der Waals surface area contributed by atoms with E-state index in [1.54, 1.807) is 0 Å². The SMILES string of the molecule is CCCC1C=C(C#N)CC(O)C1. The molecule has 0 aromatic carbocycles. The molecule has 0 radical (unpaired) electrons. The van der Waals surface area contributed by atoms with Crippen LogP contribution in [0.2, 0.25) is 0 Å². The zero-order chi connectivity index (χ0) is 8.97. The van der Waals surface area contributed by atoms with Crippen LogP contribution in [-0.4, -0.2) is 11.2 Å². The zero-order valence-electron chi connectivity index (χ0n) is 7.45. The van der Waals surface area contributed by atoms with E-state index in [1.165, 1.54) is 0 Å². The summed E-state index contributed by atoms with van der Waals surface area (Å²) in [6.45, 7) is 2.13. The van der Waals surface area contributed by atoms with Gasteiger partial charge in [0.2, 0.25) is 0 Å². The molecule has 2 unspecified atom stereocenters. The molecule has 0 amide bonds. The Morgan fingerprint density at radius 3 is 3.08 bits per heavy atom. The second kappa shape index (κ2) is 4.27. The van der Waals surface area contributed by atoms with Crippen molar-refractivity contribution in [2.45, 2.75) is 38.7 Å². The number of allylic oxidation sites excluding steroid dienone is 1. The Labute approximate surface area is 73.5 Å². The molecule has 0 bridgehead atoms. The van der Waals surface area contributed by atoms with Gasteiger partial charge in [-0.05, 0) is 18.8 Å². The molecule has 0 fully saturated rings. The summed E-state index contributed by atoms with van der Waals surface area (Å²) in [6, 6.07) is 2.12. The third-order valence-electron chi connectivity index (χ3n) is 2.27. The van der Waals surface area contributed by atoms with Gasteiger partial charge >= 0.3 is 0 Å². The van der Waals surface area contributed by atoms with E-state index in [4.69, 9.17) is 5.26 Å². The smallest absolute Gasteiger partial charge is 0.0944 e. The zero-order valence-corrected chi connectivity index (χ0v) is 7.45. The Balaban J connectivity index is 2.60. The Kier molecular flexibility index (Phi) is 3.31. The van der Waals surface area contributed by atoms with Crippen molar-refractivity contribution in [3.05, 3.63) is 11.6 Å². The summed E-state index contributed by atoms with van der Waals surface area (Å²) < 4.78 is 0. The maximum absolute atomic E-state index is 9.42. The molecule has 0 saturated heterocycles. The van der Waals surface area contributed by atoms with Gasteiger partial charge in [0.25, 0.3) is 0 Å². The van der Waals surface area contributed by atoms with Crippen molar-refractivity contribution in [3.8, 4) is 6.07 Å². The van der Waals surface area contributed by atoms with Crippen molar-refractivity contribution in [2.75, 3.05) is 0 Å². The number of aliphatic hydroxyl groups excluding tert-OH is 1. The minimum Gasteiger partial charge on any atom is -0.393 e. The molecule has 2 heteroatoms. The van der Waals surface area contributed by atoms with Crippen LogP contribution in [0.4, 0.5) is 0 Å². The lowest BCUT2D eigenvalue weighted by Gasteiger charge is -2.22. The van der Waals surface area contributed by atoms with E-state index in [-0.39, 0.29) is 6.10 Å². The van der Waals surface area contributed by atoms with Gasteiger partial charge in [0.05, 0.1) is 12.2 Å². The Morgan fingerprint density at radius 1 is 1.75 bits per heavy atom. The lowest BCUT2D eigenvalue weighted by atomic mass is 9.86. The standard InChI is InChI=1S/C10H15NO/c1-2-3-8-4-9(7-11)6-10(12)5-8/h4,8,10,12H,2-3,5-6H2,1H3. The molecule has 2 atom stereocenters. The van der Waals surface area contributed by atoms with Crippen molar-refractivity contribution >= 4 is 0 Å². The summed E-state index contributed by atoms with van der Waals surface area (Å²) >= 11 is 0. The van der Waals surface area contributed by atoms with E-state index >= 15 is 0 Å². The van der Waals surface area contributed by atoms with E-state index in [1.807, 2.05) is 6.08 Å². The van der Waals surface area contributed by atoms with Crippen LogP contribution >= 0.6 is 0 Å². The normalized spacial score (nSPS) is 29.2. The number of hydrogen-bond donors (Lipinski definition) is 1. The summed E-state index contributed by atoms with van der Waals surface area (Å²) in [5.74, 6) is 0.424. The molecule has 0 aromatic rings. The van der Waals surface area contributed by atoms with E-state index in [9.17, 15) is 5.11 Å². The van der Waals surface area contributed by atoms with E-state index < -0.39 is 0 Å². The number of nitrogens with zero attached hydrogens (tertiary/aromatic N) is 1. The third kappa shape index (κ3) is 2.35. The highest BCUT2D eigenvalue weighted by Gasteiger charge is 2.19. The summed E-state index contributed by atoms with van der Waals surface area (Å²) in [6.07, 6.45) is 5.32. The van der Waals surface area contributed by atoms with E-state index in [0.717, 1.165) is 24.8 Å². The number of aliphatic hydroxyl groups is 1. The molecule has 66 valence electrons. The molecule has 12 heavy (non-hydrogen) atoms. The first kappa shape index (κ1) is 9.28. The predicted octanol–water partition coefficient (Wildman–Crippen LogP) is 2.01. The van der Waals surface area contributed by atoms with Crippen LogP contribution in [0.15, 0.2) is 11.6 Å². The minimum absolute atomic E-state index is 0.291. The minimum atomic E-state index is -0.291. The second-order valence-corrected chi connectivity index (χ2v) is 3.45. The Morgan fingerprint density at radius 2 is 2.50 bits per heavy atom. The molecule has 1 rings (SSSR count). The number of rotatable bonds is 2. The average molecular weight is 165 g/mol. The predicted molar refractivity (Wildman–Crippen MR) is 47.3 cm³/mol. The molecule has 0 saturated carbocycles. The first-order chi connectivity index (χ1) is 5.76. The molecule has 0 aromatic heterocycles. The van der Waals surface area contributed by atoms with Gasteiger partial charge in [-0.3, -0.25) is 0 Å². The first-order valence-electron chi connectivity index (χ1n) is 4.55. The van der Waals surface area contributed by atoms with Crippen molar-refractivity contribution in [2.24, 2.45) is 5.92 Å². The monoisotopic (exact) mass is 165 g/mol. The van der Waals surface area contributed by atoms with Crippen molar-refractivity contribution < 1.29 is 5.11 Å². The molecule has 0 spiro atoms. The second-order valence-electron chi connectivity index (χ2n) is 3.45. The van der Waals surface area contributed by atoms with Gasteiger partial charge in [0, 0.05) is 12.0 Å². The van der Waals surface area contributed by atoms with Gasteiger partial charge in [-0.25, -0.2) is 0 Å². The molecule has 0 heterocycles. The van der Waals surface area contributed by atoms with Crippen molar-refractivity contribution in [1.82, 2.24) is 0 Å². The fourth-order valence-electron chi connectivity index (χ4n) is 1.76. The van der Waals surface area contributed by atoms with E-state index in [0.29, 0.717) is 12.3 Å². The topological polar surface area (TPSA) is 44.0 Å². The highest BCUT2D eigenvalue weighted by atomic mass is 16.3. The summed E-state index contributed by atoms with van der Waals surface area (Å²) in [4.78, 5) is 0. The van der Waals surface area contributed by atoms with Gasteiger partial charge < -0.3 is 5.11 Å². The number of hydrogen-bond acceptors (Lipinski definition) is 2.